The molecule has 2 N–H and O–H groups in total. The Morgan fingerprint density at radius 3 is 2.78 bits per heavy atom. The third-order valence-electron chi connectivity index (χ3n) is 7.18. The fourth-order valence-electron chi connectivity index (χ4n) is 5.01. The highest BCUT2D eigenvalue weighted by atomic mass is 32.1. The number of carbonyl (C=O) groups is 2. The van der Waals surface area contributed by atoms with Gasteiger partial charge in [-0.2, -0.15) is 10.2 Å². The summed E-state index contributed by atoms with van der Waals surface area (Å²) in [6.45, 7) is 5.74. The Kier molecular flexibility index (Phi) is 6.01. The molecule has 2 aliphatic rings. The summed E-state index contributed by atoms with van der Waals surface area (Å²) in [5.74, 6) is -0.521. The molecule has 6 heterocycles. The van der Waals surface area contributed by atoms with Gasteiger partial charge >= 0.3 is 0 Å². The molecular formula is C25H28N8O3S. The Balaban J connectivity index is 1.12. The molecule has 2 aliphatic heterocycles. The van der Waals surface area contributed by atoms with Crippen molar-refractivity contribution in [3.63, 3.8) is 0 Å². The highest BCUT2D eigenvalue weighted by molar-refractivity contribution is 7.21. The number of amides is 2. The standard InChI is InChI=1S/C25H28N8O3S/c1-16-20(8-17(9-27-16)22(34)26-5-7-32-6-3-4-25(32)14-36-15-25)30-23(35)19-11-29-33-13-21(37-24(19)33)18-10-28-31(2)12-18/h8-13H,3-7,14-15H2,1-2H3,(H,26,34)(H,30,35). The number of fused-ring (bicyclic) bond motifs is 1. The number of thiazole rings is 1. The molecule has 1 spiro atoms. The van der Waals surface area contributed by atoms with E-state index in [1.165, 1.54) is 24.0 Å². The minimum atomic E-state index is -0.306. The smallest absolute Gasteiger partial charge is 0.260 e. The molecule has 0 atom stereocenters. The summed E-state index contributed by atoms with van der Waals surface area (Å²) < 4.78 is 8.86. The van der Waals surface area contributed by atoms with E-state index in [1.807, 2.05) is 19.4 Å². The van der Waals surface area contributed by atoms with Gasteiger partial charge in [-0.1, -0.05) is 0 Å². The van der Waals surface area contributed by atoms with E-state index >= 15 is 0 Å². The highest BCUT2D eigenvalue weighted by Crippen LogP contribution is 2.35. The first-order chi connectivity index (χ1) is 17.9. The molecule has 6 rings (SSSR count). The predicted octanol–water partition coefficient (Wildman–Crippen LogP) is 2.35. The first-order valence-corrected chi connectivity index (χ1v) is 13.1. The fourth-order valence-corrected chi connectivity index (χ4v) is 6.04. The molecule has 2 amide bonds. The monoisotopic (exact) mass is 520 g/mol. The van der Waals surface area contributed by atoms with Crippen molar-refractivity contribution in [2.24, 2.45) is 7.05 Å². The maximum atomic E-state index is 13.2. The lowest BCUT2D eigenvalue weighted by molar-refractivity contribution is -0.122. The van der Waals surface area contributed by atoms with E-state index in [-0.39, 0.29) is 17.4 Å². The molecular weight excluding hydrogens is 492 g/mol. The minimum Gasteiger partial charge on any atom is -0.377 e. The molecule has 4 aromatic heterocycles. The van der Waals surface area contributed by atoms with Gasteiger partial charge in [-0.25, -0.2) is 4.52 Å². The first kappa shape index (κ1) is 23.8. The van der Waals surface area contributed by atoms with Gasteiger partial charge in [0.15, 0.2) is 0 Å². The lowest BCUT2D eigenvalue weighted by Crippen LogP contribution is -2.59. The van der Waals surface area contributed by atoms with E-state index in [9.17, 15) is 9.59 Å². The lowest BCUT2D eigenvalue weighted by Gasteiger charge is -2.45. The maximum Gasteiger partial charge on any atom is 0.260 e. The van der Waals surface area contributed by atoms with Gasteiger partial charge < -0.3 is 15.4 Å². The molecule has 0 aromatic carbocycles. The van der Waals surface area contributed by atoms with Gasteiger partial charge in [0.2, 0.25) is 0 Å². The largest absolute Gasteiger partial charge is 0.377 e. The maximum absolute atomic E-state index is 13.2. The Bertz CT molecular complexity index is 1480. The van der Waals surface area contributed by atoms with Crippen LogP contribution in [0, 0.1) is 6.92 Å². The second kappa shape index (κ2) is 9.36. The van der Waals surface area contributed by atoms with Crippen molar-refractivity contribution < 1.29 is 14.3 Å². The van der Waals surface area contributed by atoms with E-state index in [0.717, 1.165) is 48.0 Å². The number of nitrogens with zero attached hydrogens (tertiary/aromatic N) is 6. The van der Waals surface area contributed by atoms with Crippen LogP contribution < -0.4 is 10.6 Å². The number of aryl methyl sites for hydroxylation is 2. The minimum absolute atomic E-state index is 0.175. The Hall–Kier alpha value is -3.61. The number of rotatable bonds is 7. The molecule has 0 unspecified atom stereocenters. The Morgan fingerprint density at radius 1 is 1.16 bits per heavy atom. The van der Waals surface area contributed by atoms with Gasteiger partial charge in [0.05, 0.1) is 58.5 Å². The molecule has 11 nitrogen and oxygen atoms in total. The van der Waals surface area contributed by atoms with E-state index in [4.69, 9.17) is 4.74 Å². The van der Waals surface area contributed by atoms with Crippen LogP contribution in [0.5, 0.6) is 0 Å². The summed E-state index contributed by atoms with van der Waals surface area (Å²) in [4.78, 5) is 34.5. The number of hydrogen-bond acceptors (Lipinski definition) is 8. The molecule has 0 aliphatic carbocycles. The summed E-state index contributed by atoms with van der Waals surface area (Å²) in [6, 6.07) is 1.67. The van der Waals surface area contributed by atoms with Crippen molar-refractivity contribution >= 4 is 33.7 Å². The number of aromatic nitrogens is 5. The number of likely N-dealkylation sites (tertiary alicyclic amines) is 1. The SMILES string of the molecule is Cc1ncc(C(=O)NCCN2CCCC23COC3)cc1NC(=O)c1cnn2cc(-c3cnn(C)c3)sc12. The van der Waals surface area contributed by atoms with Crippen molar-refractivity contribution in [1.82, 2.24) is 34.6 Å². The number of carbonyl (C=O) groups excluding carboxylic acids is 2. The van der Waals surface area contributed by atoms with Gasteiger partial charge in [-0.15, -0.1) is 11.3 Å². The van der Waals surface area contributed by atoms with Crippen molar-refractivity contribution in [3.8, 4) is 10.4 Å². The molecule has 37 heavy (non-hydrogen) atoms. The van der Waals surface area contributed by atoms with E-state index in [2.05, 4.69) is 30.7 Å². The van der Waals surface area contributed by atoms with Gasteiger partial charge in [0, 0.05) is 44.3 Å². The quantitative estimate of drug-likeness (QED) is 0.384. The highest BCUT2D eigenvalue weighted by Gasteiger charge is 2.46. The normalized spacial score (nSPS) is 16.8. The summed E-state index contributed by atoms with van der Waals surface area (Å²) in [5, 5.41) is 14.5. The molecule has 192 valence electrons. The number of ether oxygens (including phenoxy) is 1. The number of anilines is 1. The van der Waals surface area contributed by atoms with E-state index in [1.54, 1.807) is 34.6 Å². The Morgan fingerprint density at radius 2 is 2.03 bits per heavy atom. The second-order valence-corrected chi connectivity index (χ2v) is 10.7. The fraction of sp³-hybridized carbons (Fsp3) is 0.400. The van der Waals surface area contributed by atoms with Crippen molar-refractivity contribution in [2.75, 3.05) is 38.2 Å². The van der Waals surface area contributed by atoms with Crippen LogP contribution in [0.4, 0.5) is 5.69 Å². The molecule has 0 radical (unpaired) electrons. The number of pyridine rings is 1. The van der Waals surface area contributed by atoms with Gasteiger partial charge in [-0.05, 0) is 32.4 Å². The van der Waals surface area contributed by atoms with Crippen molar-refractivity contribution in [1.29, 1.82) is 0 Å². The molecule has 4 aromatic rings. The van der Waals surface area contributed by atoms with Crippen LogP contribution in [0.15, 0.2) is 37.1 Å². The third kappa shape index (κ3) is 4.41. The number of nitrogens with one attached hydrogen (secondary N) is 2. The van der Waals surface area contributed by atoms with Gasteiger partial charge in [0.1, 0.15) is 4.83 Å². The average Bonchev–Trinajstić information content (AvgIpc) is 3.62. The molecule has 12 heteroatoms. The summed E-state index contributed by atoms with van der Waals surface area (Å²) in [5.41, 5.74) is 3.11. The zero-order valence-electron chi connectivity index (χ0n) is 20.7. The average molecular weight is 521 g/mol. The lowest BCUT2D eigenvalue weighted by atomic mass is 9.94. The van der Waals surface area contributed by atoms with Crippen LogP contribution in [-0.4, -0.2) is 79.5 Å². The van der Waals surface area contributed by atoms with Crippen molar-refractivity contribution in [2.45, 2.75) is 25.3 Å². The van der Waals surface area contributed by atoms with Crippen LogP contribution in [0.3, 0.4) is 0 Å². The van der Waals surface area contributed by atoms with Crippen LogP contribution in [0.1, 0.15) is 39.3 Å². The Labute approximate surface area is 217 Å². The van der Waals surface area contributed by atoms with Crippen LogP contribution in [-0.2, 0) is 11.8 Å². The first-order valence-electron chi connectivity index (χ1n) is 12.3. The molecule has 2 saturated heterocycles. The summed E-state index contributed by atoms with van der Waals surface area (Å²) in [6.07, 6.45) is 11.0. The van der Waals surface area contributed by atoms with Gasteiger partial charge in [0.25, 0.3) is 11.8 Å². The van der Waals surface area contributed by atoms with Crippen molar-refractivity contribution in [3.05, 3.63) is 53.9 Å². The van der Waals surface area contributed by atoms with E-state index < -0.39 is 0 Å². The second-order valence-electron chi connectivity index (χ2n) is 9.68. The van der Waals surface area contributed by atoms with Crippen LogP contribution in [0.2, 0.25) is 0 Å². The zero-order valence-corrected chi connectivity index (χ0v) is 21.5. The molecule has 0 saturated carbocycles. The van der Waals surface area contributed by atoms with Crippen LogP contribution >= 0.6 is 11.3 Å². The predicted molar refractivity (Wildman–Crippen MR) is 139 cm³/mol. The van der Waals surface area contributed by atoms with Gasteiger partial charge in [-0.3, -0.25) is 24.2 Å². The van der Waals surface area contributed by atoms with Crippen LogP contribution in [0.25, 0.3) is 15.3 Å². The topological polar surface area (TPSA) is 119 Å². The zero-order chi connectivity index (χ0) is 25.6. The summed E-state index contributed by atoms with van der Waals surface area (Å²) in [7, 11) is 1.86. The molecule has 0 bridgehead atoms. The number of hydrogen-bond donors (Lipinski definition) is 2. The molecule has 2 fully saturated rings. The summed E-state index contributed by atoms with van der Waals surface area (Å²) >= 11 is 1.47. The van der Waals surface area contributed by atoms with E-state index in [0.29, 0.717) is 29.1 Å². The third-order valence-corrected chi connectivity index (χ3v) is 8.34.